The summed E-state index contributed by atoms with van der Waals surface area (Å²) in [5.41, 5.74) is -0.294. The molecule has 0 aromatic heterocycles. The summed E-state index contributed by atoms with van der Waals surface area (Å²) in [6.45, 7) is 2.11. The summed E-state index contributed by atoms with van der Waals surface area (Å²) in [4.78, 5) is 21.6. The van der Waals surface area contributed by atoms with Gasteiger partial charge in [-0.15, -0.1) is 0 Å². The van der Waals surface area contributed by atoms with Crippen molar-refractivity contribution in [1.29, 1.82) is 0 Å². The number of non-ortho nitro benzene ring substituents is 1. The third-order valence-electron chi connectivity index (χ3n) is 4.02. The van der Waals surface area contributed by atoms with Gasteiger partial charge in [0.25, 0.3) is 5.69 Å². The molecule has 0 bridgehead atoms. The standard InChI is InChI=1S/C15H22N4O5S/c20-15(5-4-12-6-7-16-11-12)17-8-9-18-25(23,24)14-3-1-2-13(10-14)19(21)22/h1-3,10,12,16,18H,4-9,11H2,(H,17,20). The van der Waals surface area contributed by atoms with Gasteiger partial charge < -0.3 is 10.6 Å². The van der Waals surface area contributed by atoms with Crippen molar-refractivity contribution in [2.24, 2.45) is 5.92 Å². The number of hydrogen-bond donors (Lipinski definition) is 3. The lowest BCUT2D eigenvalue weighted by Crippen LogP contribution is -2.34. The molecular weight excluding hydrogens is 348 g/mol. The largest absolute Gasteiger partial charge is 0.355 e. The van der Waals surface area contributed by atoms with Gasteiger partial charge in [-0.25, -0.2) is 13.1 Å². The molecule has 0 radical (unpaired) electrons. The van der Waals surface area contributed by atoms with Crippen LogP contribution in [0, 0.1) is 16.0 Å². The van der Waals surface area contributed by atoms with E-state index in [1.54, 1.807) is 0 Å². The van der Waals surface area contributed by atoms with E-state index in [1.165, 1.54) is 18.2 Å². The maximum Gasteiger partial charge on any atom is 0.270 e. The monoisotopic (exact) mass is 370 g/mol. The molecule has 25 heavy (non-hydrogen) atoms. The topological polar surface area (TPSA) is 130 Å². The Labute approximate surface area is 146 Å². The maximum atomic E-state index is 12.1. The Morgan fingerprint density at radius 1 is 1.36 bits per heavy atom. The third kappa shape index (κ3) is 6.07. The van der Waals surface area contributed by atoms with Gasteiger partial charge in [-0.05, 0) is 37.9 Å². The number of sulfonamides is 1. The van der Waals surface area contributed by atoms with Gasteiger partial charge in [-0.3, -0.25) is 14.9 Å². The Balaban J connectivity index is 1.73. The zero-order valence-electron chi connectivity index (χ0n) is 13.7. The Kier molecular flexibility index (Phi) is 6.85. The number of nitrogens with one attached hydrogen (secondary N) is 3. The van der Waals surface area contributed by atoms with Crippen molar-refractivity contribution in [2.45, 2.75) is 24.2 Å². The van der Waals surface area contributed by atoms with Gasteiger partial charge in [0, 0.05) is 31.6 Å². The van der Waals surface area contributed by atoms with Crippen LogP contribution in [0.25, 0.3) is 0 Å². The van der Waals surface area contributed by atoms with E-state index in [0.717, 1.165) is 32.0 Å². The number of nitro benzene ring substituents is 1. The molecule has 2 rings (SSSR count). The Hall–Kier alpha value is -2.04. The summed E-state index contributed by atoms with van der Waals surface area (Å²) < 4.78 is 26.5. The predicted octanol–water partition coefficient (Wildman–Crippen LogP) is 0.379. The molecule has 3 N–H and O–H groups in total. The van der Waals surface area contributed by atoms with Gasteiger partial charge in [-0.2, -0.15) is 0 Å². The van der Waals surface area contributed by atoms with E-state index >= 15 is 0 Å². The van der Waals surface area contributed by atoms with Crippen molar-refractivity contribution in [3.63, 3.8) is 0 Å². The molecule has 1 aromatic carbocycles. The molecule has 1 fully saturated rings. The highest BCUT2D eigenvalue weighted by Gasteiger charge is 2.18. The van der Waals surface area contributed by atoms with Gasteiger partial charge in [0.2, 0.25) is 15.9 Å². The second-order valence-corrected chi connectivity index (χ2v) is 7.67. The van der Waals surface area contributed by atoms with Crippen molar-refractivity contribution >= 4 is 21.6 Å². The normalized spacial score (nSPS) is 17.4. The van der Waals surface area contributed by atoms with Crippen LogP contribution in [-0.2, 0) is 14.8 Å². The molecule has 1 saturated heterocycles. The Morgan fingerprint density at radius 3 is 2.84 bits per heavy atom. The number of benzene rings is 1. The fourth-order valence-corrected chi connectivity index (χ4v) is 3.69. The van der Waals surface area contributed by atoms with Crippen LogP contribution in [0.4, 0.5) is 5.69 Å². The van der Waals surface area contributed by atoms with Crippen molar-refractivity contribution in [3.8, 4) is 0 Å². The molecule has 1 aromatic rings. The first kappa shape index (κ1) is 19.3. The lowest BCUT2D eigenvalue weighted by molar-refractivity contribution is -0.385. The van der Waals surface area contributed by atoms with Crippen LogP contribution in [0.1, 0.15) is 19.3 Å². The highest BCUT2D eigenvalue weighted by atomic mass is 32.2. The average Bonchev–Trinajstić information content (AvgIpc) is 3.10. The Morgan fingerprint density at radius 2 is 2.16 bits per heavy atom. The fourth-order valence-electron chi connectivity index (χ4n) is 2.62. The predicted molar refractivity (Wildman–Crippen MR) is 91.5 cm³/mol. The first-order chi connectivity index (χ1) is 11.9. The number of nitrogens with zero attached hydrogens (tertiary/aromatic N) is 1. The van der Waals surface area contributed by atoms with Crippen molar-refractivity contribution in [2.75, 3.05) is 26.2 Å². The van der Waals surface area contributed by atoms with Gasteiger partial charge in [0.15, 0.2) is 0 Å². The number of carbonyl (C=O) groups excluding carboxylic acids is 1. The number of amides is 1. The summed E-state index contributed by atoms with van der Waals surface area (Å²) in [5.74, 6) is 0.416. The molecular formula is C15H22N4O5S. The minimum atomic E-state index is -3.85. The number of carbonyl (C=O) groups is 1. The quantitative estimate of drug-likeness (QED) is 0.327. The lowest BCUT2D eigenvalue weighted by atomic mass is 10.0. The van der Waals surface area contributed by atoms with Crippen LogP contribution in [-0.4, -0.2) is 45.4 Å². The smallest absolute Gasteiger partial charge is 0.270 e. The Bertz CT molecular complexity index is 716. The first-order valence-electron chi connectivity index (χ1n) is 8.10. The van der Waals surface area contributed by atoms with Crippen LogP contribution in [0.15, 0.2) is 29.2 Å². The molecule has 1 atom stereocenters. The molecule has 1 aliphatic heterocycles. The lowest BCUT2D eigenvalue weighted by Gasteiger charge is -2.10. The van der Waals surface area contributed by atoms with E-state index in [9.17, 15) is 23.3 Å². The summed E-state index contributed by atoms with van der Waals surface area (Å²) >= 11 is 0. The molecule has 0 spiro atoms. The van der Waals surface area contributed by atoms with Crippen molar-refractivity contribution in [3.05, 3.63) is 34.4 Å². The number of hydrogen-bond acceptors (Lipinski definition) is 6. The second-order valence-electron chi connectivity index (χ2n) is 5.90. The molecule has 9 nitrogen and oxygen atoms in total. The van der Waals surface area contributed by atoms with Crippen LogP contribution in [0.5, 0.6) is 0 Å². The highest BCUT2D eigenvalue weighted by molar-refractivity contribution is 7.89. The molecule has 10 heteroatoms. The van der Waals surface area contributed by atoms with E-state index in [2.05, 4.69) is 15.4 Å². The highest BCUT2D eigenvalue weighted by Crippen LogP contribution is 2.17. The molecule has 138 valence electrons. The molecule has 1 amide bonds. The van der Waals surface area contributed by atoms with Crippen LogP contribution >= 0.6 is 0 Å². The van der Waals surface area contributed by atoms with E-state index in [0.29, 0.717) is 12.3 Å². The average molecular weight is 370 g/mol. The van der Waals surface area contributed by atoms with Crippen molar-refractivity contribution < 1.29 is 18.1 Å². The minimum Gasteiger partial charge on any atom is -0.355 e. The zero-order valence-corrected chi connectivity index (χ0v) is 14.5. The third-order valence-corrected chi connectivity index (χ3v) is 5.48. The summed E-state index contributed by atoms with van der Waals surface area (Å²) in [6, 6.07) is 4.81. The summed E-state index contributed by atoms with van der Waals surface area (Å²) in [5, 5.41) is 16.6. The number of nitro groups is 1. The summed E-state index contributed by atoms with van der Waals surface area (Å²) in [7, 11) is -3.85. The summed E-state index contributed by atoms with van der Waals surface area (Å²) in [6.07, 6.45) is 2.32. The molecule has 0 aliphatic carbocycles. The SMILES string of the molecule is O=C(CCC1CCNC1)NCCNS(=O)(=O)c1cccc([N+](=O)[O-])c1. The number of rotatable bonds is 9. The minimum absolute atomic E-state index is 0.0156. The van der Waals surface area contributed by atoms with Gasteiger partial charge in [0.1, 0.15) is 0 Å². The van der Waals surface area contributed by atoms with E-state index < -0.39 is 14.9 Å². The van der Waals surface area contributed by atoms with Gasteiger partial charge in [0.05, 0.1) is 9.82 Å². The second kappa shape index (κ2) is 8.88. The van der Waals surface area contributed by atoms with Gasteiger partial charge >= 0.3 is 0 Å². The van der Waals surface area contributed by atoms with Crippen LogP contribution in [0.3, 0.4) is 0 Å². The fraction of sp³-hybridized carbons (Fsp3) is 0.533. The van der Waals surface area contributed by atoms with Crippen molar-refractivity contribution in [1.82, 2.24) is 15.4 Å². The maximum absolute atomic E-state index is 12.1. The zero-order chi connectivity index (χ0) is 18.3. The van der Waals surface area contributed by atoms with Crippen LogP contribution < -0.4 is 15.4 Å². The van der Waals surface area contributed by atoms with E-state index in [-0.39, 0.29) is 29.6 Å². The van der Waals surface area contributed by atoms with Gasteiger partial charge in [-0.1, -0.05) is 6.07 Å². The molecule has 1 unspecified atom stereocenters. The molecule has 1 aliphatic rings. The molecule has 1 heterocycles. The molecule has 0 saturated carbocycles. The first-order valence-corrected chi connectivity index (χ1v) is 9.58. The van der Waals surface area contributed by atoms with E-state index in [4.69, 9.17) is 0 Å². The van der Waals surface area contributed by atoms with Crippen LogP contribution in [0.2, 0.25) is 0 Å². The van der Waals surface area contributed by atoms with E-state index in [1.807, 2.05) is 0 Å².